The van der Waals surface area contributed by atoms with Crippen LogP contribution < -0.4 is 10.1 Å². The van der Waals surface area contributed by atoms with Crippen molar-refractivity contribution < 1.29 is 14.3 Å². The Morgan fingerprint density at radius 3 is 2.27 bits per heavy atom. The number of nitrogens with one attached hydrogen (secondary N) is 1. The molecule has 1 unspecified atom stereocenters. The highest BCUT2D eigenvalue weighted by molar-refractivity contribution is 6.30. The van der Waals surface area contributed by atoms with E-state index in [0.29, 0.717) is 23.7 Å². The van der Waals surface area contributed by atoms with Gasteiger partial charge in [0.15, 0.2) is 6.61 Å². The van der Waals surface area contributed by atoms with Crippen LogP contribution in [0.5, 0.6) is 5.75 Å². The van der Waals surface area contributed by atoms with Crippen LogP contribution in [0.3, 0.4) is 0 Å². The summed E-state index contributed by atoms with van der Waals surface area (Å²) in [6.45, 7) is 10.7. The molecule has 196 valence electrons. The first-order chi connectivity index (χ1) is 17.6. The van der Waals surface area contributed by atoms with Crippen LogP contribution in [0, 0.1) is 26.7 Å². The third-order valence-corrected chi connectivity index (χ3v) is 6.59. The maximum atomic E-state index is 13.7. The van der Waals surface area contributed by atoms with Gasteiger partial charge in [-0.25, -0.2) is 0 Å². The van der Waals surface area contributed by atoms with Gasteiger partial charge in [-0.2, -0.15) is 0 Å². The van der Waals surface area contributed by atoms with Crippen LogP contribution in [0.15, 0.2) is 66.7 Å². The molecule has 37 heavy (non-hydrogen) atoms. The topological polar surface area (TPSA) is 58.6 Å². The van der Waals surface area contributed by atoms with Gasteiger partial charge in [0.25, 0.3) is 5.91 Å². The van der Waals surface area contributed by atoms with E-state index < -0.39 is 6.04 Å². The SMILES string of the molecule is Cc1cc(C)c(C)c(OCC(=O)N(Cc2ccc(Cl)cc2)C(Cc2ccccc2)C(=O)NCC(C)C)c1. The number of carbonyl (C=O) groups is 2. The number of aryl methyl sites for hydroxylation is 2. The van der Waals surface area contributed by atoms with Gasteiger partial charge in [0, 0.05) is 24.5 Å². The molecule has 5 nitrogen and oxygen atoms in total. The van der Waals surface area contributed by atoms with Gasteiger partial charge in [0.2, 0.25) is 5.91 Å². The molecule has 0 aliphatic carbocycles. The highest BCUT2D eigenvalue weighted by atomic mass is 35.5. The molecule has 0 bridgehead atoms. The van der Waals surface area contributed by atoms with E-state index in [1.54, 1.807) is 17.0 Å². The molecule has 1 atom stereocenters. The van der Waals surface area contributed by atoms with Crippen molar-refractivity contribution in [2.24, 2.45) is 5.92 Å². The number of ether oxygens (including phenoxy) is 1. The highest BCUT2D eigenvalue weighted by Gasteiger charge is 2.31. The number of nitrogens with zero attached hydrogens (tertiary/aromatic N) is 1. The predicted molar refractivity (Wildman–Crippen MR) is 150 cm³/mol. The summed E-state index contributed by atoms with van der Waals surface area (Å²) in [5.74, 6) is 0.537. The lowest BCUT2D eigenvalue weighted by Crippen LogP contribution is -2.52. The molecule has 0 fully saturated rings. The van der Waals surface area contributed by atoms with E-state index in [4.69, 9.17) is 16.3 Å². The standard InChI is InChI=1S/C31H37ClN2O3/c1-21(2)18-33-31(36)28(17-25-9-7-6-8-10-25)34(19-26-11-13-27(32)14-12-26)30(35)20-37-29-16-22(3)15-23(4)24(29)5/h6-16,21,28H,17-20H2,1-5H3,(H,33,36). The van der Waals surface area contributed by atoms with Gasteiger partial charge in [0.05, 0.1) is 0 Å². The molecule has 0 aliphatic heterocycles. The van der Waals surface area contributed by atoms with Crippen molar-refractivity contribution in [3.05, 3.63) is 99.6 Å². The van der Waals surface area contributed by atoms with Gasteiger partial charge >= 0.3 is 0 Å². The van der Waals surface area contributed by atoms with Crippen LogP contribution in [0.4, 0.5) is 0 Å². The Balaban J connectivity index is 1.92. The first-order valence-electron chi connectivity index (χ1n) is 12.7. The second kappa shape index (κ2) is 13.3. The molecule has 6 heteroatoms. The Morgan fingerprint density at radius 1 is 0.946 bits per heavy atom. The maximum absolute atomic E-state index is 13.7. The van der Waals surface area contributed by atoms with Crippen LogP contribution in [0.1, 0.15) is 41.7 Å². The molecule has 1 N–H and O–H groups in total. The number of halogens is 1. The van der Waals surface area contributed by atoms with Crippen LogP contribution in [-0.4, -0.2) is 35.9 Å². The Morgan fingerprint density at radius 2 is 1.62 bits per heavy atom. The molecule has 3 rings (SSSR count). The molecule has 0 aliphatic rings. The van der Waals surface area contributed by atoms with E-state index in [-0.39, 0.29) is 30.9 Å². The van der Waals surface area contributed by atoms with Gasteiger partial charge in [-0.1, -0.05) is 74.0 Å². The fourth-order valence-electron chi connectivity index (χ4n) is 4.14. The molecule has 2 amide bonds. The largest absolute Gasteiger partial charge is 0.483 e. The summed E-state index contributed by atoms with van der Waals surface area (Å²) in [5.41, 5.74) is 5.04. The van der Waals surface area contributed by atoms with E-state index in [1.165, 1.54) is 0 Å². The molecule has 0 spiro atoms. The fraction of sp³-hybridized carbons (Fsp3) is 0.355. The zero-order valence-electron chi connectivity index (χ0n) is 22.4. The summed E-state index contributed by atoms with van der Waals surface area (Å²) < 4.78 is 6.03. The van der Waals surface area contributed by atoms with Crippen molar-refractivity contribution in [3.8, 4) is 5.75 Å². The smallest absolute Gasteiger partial charge is 0.261 e. The lowest BCUT2D eigenvalue weighted by molar-refractivity contribution is -0.142. The second-order valence-electron chi connectivity index (χ2n) is 9.99. The Labute approximate surface area is 225 Å². The minimum Gasteiger partial charge on any atom is -0.483 e. The van der Waals surface area contributed by atoms with E-state index in [1.807, 2.05) is 83.1 Å². The van der Waals surface area contributed by atoms with Crippen LogP contribution >= 0.6 is 11.6 Å². The molecule has 0 saturated heterocycles. The second-order valence-corrected chi connectivity index (χ2v) is 10.4. The van der Waals surface area contributed by atoms with Crippen molar-refractivity contribution >= 4 is 23.4 Å². The first-order valence-corrected chi connectivity index (χ1v) is 13.1. The van der Waals surface area contributed by atoms with Crippen LogP contribution in [0.2, 0.25) is 5.02 Å². The first kappa shape index (κ1) is 28.3. The molecule has 0 saturated carbocycles. The van der Waals surface area contributed by atoms with Crippen molar-refractivity contribution in [1.29, 1.82) is 0 Å². The monoisotopic (exact) mass is 520 g/mol. The number of amides is 2. The lowest BCUT2D eigenvalue weighted by Gasteiger charge is -2.32. The normalized spacial score (nSPS) is 11.8. The molecule has 0 radical (unpaired) electrons. The van der Waals surface area contributed by atoms with Gasteiger partial charge in [-0.15, -0.1) is 0 Å². The summed E-state index contributed by atoms with van der Waals surface area (Å²) in [5, 5.41) is 3.65. The van der Waals surface area contributed by atoms with E-state index >= 15 is 0 Å². The highest BCUT2D eigenvalue weighted by Crippen LogP contribution is 2.24. The van der Waals surface area contributed by atoms with Crippen molar-refractivity contribution in [1.82, 2.24) is 10.2 Å². The zero-order chi connectivity index (χ0) is 26.9. The molecule has 0 aromatic heterocycles. The zero-order valence-corrected chi connectivity index (χ0v) is 23.1. The average Bonchev–Trinajstić information content (AvgIpc) is 2.87. The van der Waals surface area contributed by atoms with Gasteiger partial charge in [-0.05, 0) is 72.7 Å². The van der Waals surface area contributed by atoms with Gasteiger partial charge in [-0.3, -0.25) is 9.59 Å². The third kappa shape index (κ3) is 8.36. The minimum atomic E-state index is -0.701. The molecule has 3 aromatic rings. The predicted octanol–water partition coefficient (Wildman–Crippen LogP) is 6.06. The number of rotatable bonds is 11. The Bertz CT molecular complexity index is 1190. The van der Waals surface area contributed by atoms with E-state index in [2.05, 4.69) is 11.4 Å². The van der Waals surface area contributed by atoms with Gasteiger partial charge < -0.3 is 15.0 Å². The fourth-order valence-corrected chi connectivity index (χ4v) is 4.26. The Kier molecular flexibility index (Phi) is 10.2. The van der Waals surface area contributed by atoms with E-state index in [9.17, 15) is 9.59 Å². The van der Waals surface area contributed by atoms with Crippen molar-refractivity contribution in [2.45, 2.75) is 53.6 Å². The Hall–Kier alpha value is -3.31. The number of hydrogen-bond acceptors (Lipinski definition) is 3. The molecule has 0 heterocycles. The summed E-state index contributed by atoms with van der Waals surface area (Å²) >= 11 is 6.10. The van der Waals surface area contributed by atoms with Gasteiger partial charge in [0.1, 0.15) is 11.8 Å². The average molecular weight is 521 g/mol. The number of benzene rings is 3. The maximum Gasteiger partial charge on any atom is 0.261 e. The summed E-state index contributed by atoms with van der Waals surface area (Å²) in [6, 6.07) is 20.4. The third-order valence-electron chi connectivity index (χ3n) is 6.34. The van der Waals surface area contributed by atoms with Crippen LogP contribution in [0.25, 0.3) is 0 Å². The summed E-state index contributed by atoms with van der Waals surface area (Å²) in [6.07, 6.45) is 0.396. The number of carbonyl (C=O) groups excluding carboxylic acids is 2. The molecular weight excluding hydrogens is 484 g/mol. The quantitative estimate of drug-likeness (QED) is 0.334. The van der Waals surface area contributed by atoms with Crippen molar-refractivity contribution in [3.63, 3.8) is 0 Å². The molecular formula is C31H37ClN2O3. The summed E-state index contributed by atoms with van der Waals surface area (Å²) in [4.78, 5) is 28.9. The minimum absolute atomic E-state index is 0.167. The lowest BCUT2D eigenvalue weighted by atomic mass is 10.0. The van der Waals surface area contributed by atoms with Crippen molar-refractivity contribution in [2.75, 3.05) is 13.2 Å². The van der Waals surface area contributed by atoms with E-state index in [0.717, 1.165) is 27.8 Å². The summed E-state index contributed by atoms with van der Waals surface area (Å²) in [7, 11) is 0. The number of hydrogen-bond donors (Lipinski definition) is 1. The molecule has 3 aromatic carbocycles. The van der Waals surface area contributed by atoms with Crippen LogP contribution in [-0.2, 0) is 22.6 Å².